The highest BCUT2D eigenvalue weighted by molar-refractivity contribution is 5.38. The maximum atomic E-state index is 13.0. The molecule has 1 aromatic carbocycles. The highest BCUT2D eigenvalue weighted by atomic mass is 19.1. The number of hydrogen-bond acceptors (Lipinski definition) is 2. The van der Waals surface area contributed by atoms with Gasteiger partial charge in [0, 0.05) is 18.1 Å². The van der Waals surface area contributed by atoms with Gasteiger partial charge < -0.3 is 9.84 Å². The van der Waals surface area contributed by atoms with E-state index in [1.807, 2.05) is 13.8 Å². The van der Waals surface area contributed by atoms with E-state index < -0.39 is 6.10 Å². The second-order valence-electron chi connectivity index (χ2n) is 4.31. The lowest BCUT2D eigenvalue weighted by molar-refractivity contribution is -0.00405. The SMILES string of the molecule is CCC1(C)CC(O)c2ccc(F)cc2O1. The molecule has 15 heavy (non-hydrogen) atoms. The number of benzene rings is 1. The average Bonchev–Trinajstić information content (AvgIpc) is 2.16. The van der Waals surface area contributed by atoms with E-state index in [9.17, 15) is 9.50 Å². The fourth-order valence-electron chi connectivity index (χ4n) is 1.91. The van der Waals surface area contributed by atoms with Gasteiger partial charge in [-0.1, -0.05) is 6.92 Å². The van der Waals surface area contributed by atoms with Gasteiger partial charge in [-0.15, -0.1) is 0 Å². The van der Waals surface area contributed by atoms with Crippen LogP contribution in [0.3, 0.4) is 0 Å². The molecule has 0 spiro atoms. The summed E-state index contributed by atoms with van der Waals surface area (Å²) in [4.78, 5) is 0. The van der Waals surface area contributed by atoms with E-state index in [2.05, 4.69) is 0 Å². The summed E-state index contributed by atoms with van der Waals surface area (Å²) in [6.07, 6.45) is 0.793. The summed E-state index contributed by atoms with van der Waals surface area (Å²) in [6, 6.07) is 4.27. The maximum Gasteiger partial charge on any atom is 0.128 e. The number of rotatable bonds is 1. The fraction of sp³-hybridized carbons (Fsp3) is 0.500. The largest absolute Gasteiger partial charge is 0.487 e. The fourth-order valence-corrected chi connectivity index (χ4v) is 1.91. The first kappa shape index (κ1) is 10.4. The van der Waals surface area contributed by atoms with Crippen molar-refractivity contribution in [3.8, 4) is 5.75 Å². The Morgan fingerprint density at radius 3 is 3.00 bits per heavy atom. The van der Waals surface area contributed by atoms with Gasteiger partial charge in [0.2, 0.25) is 0 Å². The molecule has 0 amide bonds. The lowest BCUT2D eigenvalue weighted by Gasteiger charge is -2.37. The lowest BCUT2D eigenvalue weighted by Crippen LogP contribution is -2.37. The molecule has 0 aromatic heterocycles. The van der Waals surface area contributed by atoms with E-state index in [0.717, 1.165) is 6.42 Å². The van der Waals surface area contributed by atoms with Crippen LogP contribution in [0.2, 0.25) is 0 Å². The first-order valence-corrected chi connectivity index (χ1v) is 5.20. The first-order chi connectivity index (χ1) is 7.04. The van der Waals surface area contributed by atoms with Crippen molar-refractivity contribution in [1.29, 1.82) is 0 Å². The number of ether oxygens (including phenoxy) is 1. The van der Waals surface area contributed by atoms with Crippen LogP contribution in [-0.4, -0.2) is 10.7 Å². The van der Waals surface area contributed by atoms with Gasteiger partial charge in [-0.05, 0) is 25.5 Å². The number of hydrogen-bond donors (Lipinski definition) is 1. The van der Waals surface area contributed by atoms with Crippen molar-refractivity contribution in [3.05, 3.63) is 29.6 Å². The summed E-state index contributed by atoms with van der Waals surface area (Å²) in [5.74, 6) is 0.138. The average molecular weight is 210 g/mol. The van der Waals surface area contributed by atoms with E-state index in [-0.39, 0.29) is 11.4 Å². The first-order valence-electron chi connectivity index (χ1n) is 5.20. The Labute approximate surface area is 88.7 Å². The van der Waals surface area contributed by atoms with Gasteiger partial charge in [-0.2, -0.15) is 0 Å². The molecule has 2 rings (SSSR count). The number of aliphatic hydroxyl groups is 1. The predicted octanol–water partition coefficient (Wildman–Crippen LogP) is 2.81. The third-order valence-corrected chi connectivity index (χ3v) is 3.06. The number of halogens is 1. The molecule has 2 nitrogen and oxygen atoms in total. The lowest BCUT2D eigenvalue weighted by atomic mass is 9.88. The highest BCUT2D eigenvalue weighted by Gasteiger charge is 2.35. The van der Waals surface area contributed by atoms with Crippen LogP contribution in [0.1, 0.15) is 38.4 Å². The molecule has 1 heterocycles. The van der Waals surface area contributed by atoms with Crippen molar-refractivity contribution in [2.24, 2.45) is 0 Å². The quantitative estimate of drug-likeness (QED) is 0.772. The highest BCUT2D eigenvalue weighted by Crippen LogP contribution is 2.40. The van der Waals surface area contributed by atoms with Gasteiger partial charge in [0.05, 0.1) is 6.10 Å². The summed E-state index contributed by atoms with van der Waals surface area (Å²) in [7, 11) is 0. The van der Waals surface area contributed by atoms with Crippen LogP contribution >= 0.6 is 0 Å². The van der Waals surface area contributed by atoms with Crippen LogP contribution in [0.15, 0.2) is 18.2 Å². The van der Waals surface area contributed by atoms with Crippen molar-refractivity contribution < 1.29 is 14.2 Å². The minimum absolute atomic E-state index is 0.332. The molecular weight excluding hydrogens is 195 g/mol. The van der Waals surface area contributed by atoms with E-state index in [1.165, 1.54) is 12.1 Å². The van der Waals surface area contributed by atoms with Gasteiger partial charge in [0.25, 0.3) is 0 Å². The standard InChI is InChI=1S/C12H15FO2/c1-3-12(2)7-10(14)9-5-4-8(13)6-11(9)15-12/h4-6,10,14H,3,7H2,1-2H3. The Hall–Kier alpha value is -1.09. The minimum Gasteiger partial charge on any atom is -0.487 e. The molecule has 0 saturated heterocycles. The molecule has 82 valence electrons. The van der Waals surface area contributed by atoms with Gasteiger partial charge >= 0.3 is 0 Å². The van der Waals surface area contributed by atoms with Gasteiger partial charge in [0.15, 0.2) is 0 Å². The van der Waals surface area contributed by atoms with E-state index in [1.54, 1.807) is 6.07 Å². The Bertz CT molecular complexity index is 378. The molecular formula is C12H15FO2. The van der Waals surface area contributed by atoms with Crippen LogP contribution in [0.5, 0.6) is 5.75 Å². The van der Waals surface area contributed by atoms with Gasteiger partial charge in [0.1, 0.15) is 17.2 Å². The molecule has 0 fully saturated rings. The van der Waals surface area contributed by atoms with Crippen LogP contribution in [-0.2, 0) is 0 Å². The van der Waals surface area contributed by atoms with Crippen molar-refractivity contribution in [1.82, 2.24) is 0 Å². The Morgan fingerprint density at radius 1 is 1.60 bits per heavy atom. The van der Waals surface area contributed by atoms with Crippen LogP contribution in [0.25, 0.3) is 0 Å². The molecule has 2 atom stereocenters. The van der Waals surface area contributed by atoms with Crippen molar-refractivity contribution in [2.75, 3.05) is 0 Å². The molecule has 1 aromatic rings. The summed E-state index contributed by atoms with van der Waals surface area (Å²) < 4.78 is 18.7. The molecule has 0 bridgehead atoms. The number of fused-ring (bicyclic) bond motifs is 1. The molecule has 2 unspecified atom stereocenters. The topological polar surface area (TPSA) is 29.5 Å². The molecule has 1 N–H and O–H groups in total. The molecule has 0 aliphatic carbocycles. The maximum absolute atomic E-state index is 13.0. The molecule has 1 aliphatic rings. The summed E-state index contributed by atoms with van der Waals surface area (Å²) >= 11 is 0. The Balaban J connectivity index is 2.41. The zero-order chi connectivity index (χ0) is 11.1. The second-order valence-corrected chi connectivity index (χ2v) is 4.31. The summed E-state index contributed by atoms with van der Waals surface area (Å²) in [6.45, 7) is 3.93. The Morgan fingerprint density at radius 2 is 2.33 bits per heavy atom. The van der Waals surface area contributed by atoms with E-state index in [4.69, 9.17) is 4.74 Å². The van der Waals surface area contributed by atoms with Gasteiger partial charge in [-0.3, -0.25) is 0 Å². The Kier molecular flexibility index (Phi) is 2.43. The summed E-state index contributed by atoms with van der Waals surface area (Å²) in [5, 5.41) is 9.92. The third-order valence-electron chi connectivity index (χ3n) is 3.06. The van der Waals surface area contributed by atoms with Crippen LogP contribution < -0.4 is 4.74 Å². The predicted molar refractivity (Wildman–Crippen MR) is 55.3 cm³/mol. The van der Waals surface area contributed by atoms with Crippen molar-refractivity contribution >= 4 is 0 Å². The normalized spacial score (nSPS) is 29.5. The number of aliphatic hydroxyl groups excluding tert-OH is 1. The second kappa shape index (κ2) is 3.49. The monoisotopic (exact) mass is 210 g/mol. The molecule has 1 aliphatic heterocycles. The minimum atomic E-state index is -0.556. The van der Waals surface area contributed by atoms with Crippen molar-refractivity contribution in [3.63, 3.8) is 0 Å². The smallest absolute Gasteiger partial charge is 0.128 e. The van der Waals surface area contributed by atoms with Crippen LogP contribution in [0.4, 0.5) is 4.39 Å². The van der Waals surface area contributed by atoms with E-state index in [0.29, 0.717) is 17.7 Å². The van der Waals surface area contributed by atoms with Crippen LogP contribution in [0, 0.1) is 5.82 Å². The molecule has 3 heteroatoms. The third kappa shape index (κ3) is 1.84. The van der Waals surface area contributed by atoms with Crippen molar-refractivity contribution in [2.45, 2.75) is 38.4 Å². The summed E-state index contributed by atoms with van der Waals surface area (Å²) in [5.41, 5.74) is 0.294. The zero-order valence-electron chi connectivity index (χ0n) is 8.96. The molecule has 0 saturated carbocycles. The van der Waals surface area contributed by atoms with Gasteiger partial charge in [-0.25, -0.2) is 4.39 Å². The van der Waals surface area contributed by atoms with E-state index >= 15 is 0 Å². The zero-order valence-corrected chi connectivity index (χ0v) is 8.96. The molecule has 0 radical (unpaired) electrons.